The normalized spacial score (nSPS) is 29.0. The van der Waals surface area contributed by atoms with E-state index in [-0.39, 0.29) is 29.3 Å². The number of fused-ring (bicyclic) bond motifs is 2. The van der Waals surface area contributed by atoms with Crippen LogP contribution in [-0.4, -0.2) is 35.3 Å². The van der Waals surface area contributed by atoms with Gasteiger partial charge in [0, 0.05) is 12.6 Å². The number of rotatable bonds is 2. The van der Waals surface area contributed by atoms with Gasteiger partial charge in [-0.2, -0.15) is 0 Å². The Labute approximate surface area is 130 Å². The van der Waals surface area contributed by atoms with Crippen LogP contribution in [0.3, 0.4) is 0 Å². The maximum atomic E-state index is 13.4. The van der Waals surface area contributed by atoms with Gasteiger partial charge in [-0.3, -0.25) is 9.59 Å². The third-order valence-corrected chi connectivity index (χ3v) is 5.74. The van der Waals surface area contributed by atoms with Gasteiger partial charge in [0.15, 0.2) is 0 Å². The molecule has 3 fully saturated rings. The van der Waals surface area contributed by atoms with Crippen molar-refractivity contribution >= 4 is 11.8 Å². The number of hydrogen-bond donors (Lipinski definition) is 1. The van der Waals surface area contributed by atoms with Crippen LogP contribution in [0.25, 0.3) is 0 Å². The summed E-state index contributed by atoms with van der Waals surface area (Å²) in [5.74, 6) is 0.215. The van der Waals surface area contributed by atoms with Crippen molar-refractivity contribution in [3.05, 3.63) is 35.4 Å². The van der Waals surface area contributed by atoms with Gasteiger partial charge in [-0.25, -0.2) is 0 Å². The molecular weight excluding hydrogens is 276 g/mol. The zero-order valence-electron chi connectivity index (χ0n) is 13.0. The zero-order chi connectivity index (χ0) is 15.3. The highest BCUT2D eigenvalue weighted by atomic mass is 16.2. The van der Waals surface area contributed by atoms with Crippen LogP contribution in [0.5, 0.6) is 0 Å². The molecule has 2 saturated heterocycles. The standard InChI is InChI=1S/C18H22N2O2/c1-12-4-2-5-13(10-12)18(8-3-9-18)17(22)20-14-6-7-15(20)16(21)19-11-14/h2,4-5,10,14-15H,3,6-9,11H2,1H3,(H,19,21). The molecule has 4 nitrogen and oxygen atoms in total. The summed E-state index contributed by atoms with van der Waals surface area (Å²) in [5.41, 5.74) is 1.94. The molecule has 22 heavy (non-hydrogen) atoms. The molecule has 2 heterocycles. The average molecular weight is 298 g/mol. The Bertz CT molecular complexity index is 636. The molecule has 2 atom stereocenters. The molecule has 2 bridgehead atoms. The molecule has 1 saturated carbocycles. The Kier molecular flexibility index (Phi) is 3.03. The summed E-state index contributed by atoms with van der Waals surface area (Å²) < 4.78 is 0. The smallest absolute Gasteiger partial charge is 0.242 e. The van der Waals surface area contributed by atoms with Gasteiger partial charge < -0.3 is 10.2 Å². The Morgan fingerprint density at radius 1 is 1.32 bits per heavy atom. The number of nitrogens with zero attached hydrogens (tertiary/aromatic N) is 1. The highest BCUT2D eigenvalue weighted by Gasteiger charge is 2.54. The lowest BCUT2D eigenvalue weighted by molar-refractivity contribution is -0.150. The van der Waals surface area contributed by atoms with Crippen LogP contribution in [0, 0.1) is 6.92 Å². The van der Waals surface area contributed by atoms with Crippen molar-refractivity contribution < 1.29 is 9.59 Å². The first-order valence-corrected chi connectivity index (χ1v) is 8.29. The van der Waals surface area contributed by atoms with Crippen LogP contribution < -0.4 is 5.32 Å². The minimum absolute atomic E-state index is 0.0285. The number of hydrogen-bond acceptors (Lipinski definition) is 2. The lowest BCUT2D eigenvalue weighted by Crippen LogP contribution is -2.62. The van der Waals surface area contributed by atoms with E-state index in [4.69, 9.17) is 0 Å². The van der Waals surface area contributed by atoms with Crippen molar-refractivity contribution in [1.82, 2.24) is 10.2 Å². The molecule has 2 aliphatic heterocycles. The summed E-state index contributed by atoms with van der Waals surface area (Å²) >= 11 is 0. The van der Waals surface area contributed by atoms with E-state index < -0.39 is 0 Å². The molecule has 4 heteroatoms. The van der Waals surface area contributed by atoms with Crippen molar-refractivity contribution in [2.24, 2.45) is 0 Å². The fraction of sp³-hybridized carbons (Fsp3) is 0.556. The zero-order valence-corrected chi connectivity index (χ0v) is 13.0. The van der Waals surface area contributed by atoms with Crippen molar-refractivity contribution in [1.29, 1.82) is 0 Å². The largest absolute Gasteiger partial charge is 0.352 e. The van der Waals surface area contributed by atoms with Gasteiger partial charge in [-0.15, -0.1) is 0 Å². The summed E-state index contributed by atoms with van der Waals surface area (Å²) in [6, 6.07) is 8.28. The van der Waals surface area contributed by atoms with E-state index in [0.29, 0.717) is 6.54 Å². The topological polar surface area (TPSA) is 49.4 Å². The Hall–Kier alpha value is -1.84. The predicted octanol–water partition coefficient (Wildman–Crippen LogP) is 1.91. The molecule has 2 amide bonds. The highest BCUT2D eigenvalue weighted by molar-refractivity contribution is 5.95. The van der Waals surface area contributed by atoms with Crippen molar-refractivity contribution in [3.63, 3.8) is 0 Å². The van der Waals surface area contributed by atoms with E-state index in [1.54, 1.807) is 0 Å². The number of amides is 2. The van der Waals surface area contributed by atoms with Gasteiger partial charge in [0.05, 0.1) is 5.41 Å². The molecule has 0 spiro atoms. The number of aryl methyl sites for hydroxylation is 1. The second kappa shape index (κ2) is 4.83. The van der Waals surface area contributed by atoms with Crippen molar-refractivity contribution in [2.75, 3.05) is 6.54 Å². The average Bonchev–Trinajstić information content (AvgIpc) is 2.78. The van der Waals surface area contributed by atoms with Gasteiger partial charge in [0.25, 0.3) is 0 Å². The summed E-state index contributed by atoms with van der Waals surface area (Å²) in [6.07, 6.45) is 4.67. The molecule has 0 aromatic heterocycles. The molecule has 1 aromatic rings. The number of carbonyl (C=O) groups is 2. The molecular formula is C18H22N2O2. The van der Waals surface area contributed by atoms with E-state index >= 15 is 0 Å². The molecule has 1 aromatic carbocycles. The van der Waals surface area contributed by atoms with E-state index in [9.17, 15) is 9.59 Å². The molecule has 116 valence electrons. The third kappa shape index (κ3) is 1.82. The second-order valence-corrected chi connectivity index (χ2v) is 7.01. The number of nitrogens with one attached hydrogen (secondary N) is 1. The van der Waals surface area contributed by atoms with Crippen LogP contribution in [-0.2, 0) is 15.0 Å². The molecule has 1 aliphatic carbocycles. The first-order chi connectivity index (χ1) is 10.6. The van der Waals surface area contributed by atoms with E-state index in [1.807, 2.05) is 11.0 Å². The van der Waals surface area contributed by atoms with Gasteiger partial charge >= 0.3 is 0 Å². The highest BCUT2D eigenvalue weighted by Crippen LogP contribution is 2.47. The van der Waals surface area contributed by atoms with Crippen molar-refractivity contribution in [3.8, 4) is 0 Å². The maximum absolute atomic E-state index is 13.4. The van der Waals surface area contributed by atoms with Crippen LogP contribution in [0.4, 0.5) is 0 Å². The van der Waals surface area contributed by atoms with Crippen LogP contribution in [0.2, 0.25) is 0 Å². The molecule has 1 N–H and O–H groups in total. The van der Waals surface area contributed by atoms with E-state index in [0.717, 1.165) is 37.7 Å². The van der Waals surface area contributed by atoms with Gasteiger partial charge in [-0.05, 0) is 38.2 Å². The van der Waals surface area contributed by atoms with E-state index in [2.05, 4.69) is 30.4 Å². The van der Waals surface area contributed by atoms with Crippen molar-refractivity contribution in [2.45, 2.75) is 56.5 Å². The molecule has 2 unspecified atom stereocenters. The van der Waals surface area contributed by atoms with E-state index in [1.165, 1.54) is 5.56 Å². The summed E-state index contributed by atoms with van der Waals surface area (Å²) in [5, 5.41) is 2.93. The lowest BCUT2D eigenvalue weighted by Gasteiger charge is -2.47. The third-order valence-electron chi connectivity index (χ3n) is 5.74. The van der Waals surface area contributed by atoms with Gasteiger partial charge in [0.2, 0.25) is 11.8 Å². The second-order valence-electron chi connectivity index (χ2n) is 7.01. The quantitative estimate of drug-likeness (QED) is 0.906. The van der Waals surface area contributed by atoms with Gasteiger partial charge in [-0.1, -0.05) is 36.2 Å². The molecule has 3 aliphatic rings. The Morgan fingerprint density at radius 2 is 2.14 bits per heavy atom. The van der Waals surface area contributed by atoms with Crippen LogP contribution in [0.1, 0.15) is 43.2 Å². The number of piperazine rings is 1. The lowest BCUT2D eigenvalue weighted by atomic mass is 9.63. The predicted molar refractivity (Wildman–Crippen MR) is 83.4 cm³/mol. The fourth-order valence-corrected chi connectivity index (χ4v) is 4.33. The summed E-state index contributed by atoms with van der Waals surface area (Å²) in [6.45, 7) is 2.68. The minimum Gasteiger partial charge on any atom is -0.352 e. The molecule has 0 radical (unpaired) electrons. The van der Waals surface area contributed by atoms with Crippen LogP contribution >= 0.6 is 0 Å². The summed E-state index contributed by atoms with van der Waals surface area (Å²) in [4.78, 5) is 27.4. The number of benzene rings is 1. The first-order valence-electron chi connectivity index (χ1n) is 8.29. The van der Waals surface area contributed by atoms with Crippen LogP contribution in [0.15, 0.2) is 24.3 Å². The number of carbonyl (C=O) groups excluding carboxylic acids is 2. The Morgan fingerprint density at radius 3 is 2.82 bits per heavy atom. The fourth-order valence-electron chi connectivity index (χ4n) is 4.33. The summed E-state index contributed by atoms with van der Waals surface area (Å²) in [7, 11) is 0. The monoisotopic (exact) mass is 298 g/mol. The minimum atomic E-state index is -0.384. The maximum Gasteiger partial charge on any atom is 0.242 e. The molecule has 4 rings (SSSR count). The van der Waals surface area contributed by atoms with Gasteiger partial charge in [0.1, 0.15) is 6.04 Å². The first kappa shape index (κ1) is 13.8. The Balaban J connectivity index is 1.70. The SMILES string of the molecule is Cc1cccc(C2(C(=O)N3C4CCC3C(=O)NC4)CCC2)c1.